The van der Waals surface area contributed by atoms with E-state index < -0.39 is 0 Å². The Bertz CT molecular complexity index is 260. The Hall–Kier alpha value is -0.240. The molecule has 0 atom stereocenters. The minimum atomic E-state index is 0.517. The van der Waals surface area contributed by atoms with Gasteiger partial charge in [0.05, 0.1) is 12.5 Å². The SMILES string of the molecule is CC1CC(CBr)(Cc2ccoc2)C1. The molecule has 1 aromatic heterocycles. The molecule has 1 heterocycles. The summed E-state index contributed by atoms with van der Waals surface area (Å²) in [5.41, 5.74) is 1.86. The van der Waals surface area contributed by atoms with Crippen LogP contribution in [-0.4, -0.2) is 5.33 Å². The van der Waals surface area contributed by atoms with E-state index >= 15 is 0 Å². The van der Waals surface area contributed by atoms with Gasteiger partial charge in [-0.1, -0.05) is 22.9 Å². The average Bonchev–Trinajstić information content (AvgIpc) is 2.53. The van der Waals surface area contributed by atoms with Crippen molar-refractivity contribution in [3.8, 4) is 0 Å². The van der Waals surface area contributed by atoms with Crippen molar-refractivity contribution < 1.29 is 4.42 Å². The maximum absolute atomic E-state index is 5.08. The number of alkyl halides is 1. The molecule has 1 aliphatic rings. The van der Waals surface area contributed by atoms with Crippen molar-refractivity contribution in [2.45, 2.75) is 26.2 Å². The summed E-state index contributed by atoms with van der Waals surface area (Å²) in [6.45, 7) is 2.33. The van der Waals surface area contributed by atoms with Gasteiger partial charge in [0.25, 0.3) is 0 Å². The van der Waals surface area contributed by atoms with Gasteiger partial charge in [-0.05, 0) is 42.2 Å². The van der Waals surface area contributed by atoms with Crippen molar-refractivity contribution in [1.29, 1.82) is 0 Å². The Morgan fingerprint density at radius 2 is 2.38 bits per heavy atom. The van der Waals surface area contributed by atoms with Crippen molar-refractivity contribution in [2.75, 3.05) is 5.33 Å². The molecule has 0 spiro atoms. The normalized spacial score (nSPS) is 32.9. The Morgan fingerprint density at radius 1 is 1.62 bits per heavy atom. The highest BCUT2D eigenvalue weighted by molar-refractivity contribution is 9.09. The fourth-order valence-corrected chi connectivity index (χ4v) is 3.20. The van der Waals surface area contributed by atoms with Gasteiger partial charge in [0.1, 0.15) is 0 Å². The summed E-state index contributed by atoms with van der Waals surface area (Å²) in [5.74, 6) is 0.907. The van der Waals surface area contributed by atoms with Crippen molar-refractivity contribution in [2.24, 2.45) is 11.3 Å². The van der Waals surface area contributed by atoms with E-state index in [0.717, 1.165) is 11.2 Å². The molecule has 2 rings (SSSR count). The van der Waals surface area contributed by atoms with E-state index in [9.17, 15) is 0 Å². The Balaban J connectivity index is 2.00. The van der Waals surface area contributed by atoms with Gasteiger partial charge in [-0.3, -0.25) is 0 Å². The first kappa shape index (κ1) is 9.32. The molecule has 1 saturated carbocycles. The van der Waals surface area contributed by atoms with Gasteiger partial charge in [-0.15, -0.1) is 0 Å². The van der Waals surface area contributed by atoms with E-state index in [1.165, 1.54) is 24.8 Å². The van der Waals surface area contributed by atoms with Crippen molar-refractivity contribution in [1.82, 2.24) is 0 Å². The number of hydrogen-bond acceptors (Lipinski definition) is 1. The summed E-state index contributed by atoms with van der Waals surface area (Å²) in [6, 6.07) is 2.08. The second-order valence-corrected chi connectivity index (χ2v) is 5.02. The monoisotopic (exact) mass is 242 g/mol. The first-order chi connectivity index (χ1) is 6.24. The highest BCUT2D eigenvalue weighted by Crippen LogP contribution is 2.48. The van der Waals surface area contributed by atoms with Crippen LogP contribution in [0.1, 0.15) is 25.3 Å². The van der Waals surface area contributed by atoms with Gasteiger partial charge in [0.2, 0.25) is 0 Å². The Kier molecular flexibility index (Phi) is 2.50. The predicted octanol–water partition coefficient (Wildman–Crippen LogP) is 3.63. The topological polar surface area (TPSA) is 13.1 Å². The van der Waals surface area contributed by atoms with Crippen molar-refractivity contribution in [3.63, 3.8) is 0 Å². The smallest absolute Gasteiger partial charge is 0.0934 e. The molecule has 72 valence electrons. The highest BCUT2D eigenvalue weighted by Gasteiger charge is 2.40. The third kappa shape index (κ3) is 1.83. The van der Waals surface area contributed by atoms with Crippen LogP contribution in [0.5, 0.6) is 0 Å². The van der Waals surface area contributed by atoms with Crippen LogP contribution in [0.25, 0.3) is 0 Å². The summed E-state index contributed by atoms with van der Waals surface area (Å²) in [7, 11) is 0. The van der Waals surface area contributed by atoms with Crippen LogP contribution >= 0.6 is 15.9 Å². The molecule has 0 unspecified atom stereocenters. The molecule has 2 heteroatoms. The molecule has 1 aromatic rings. The molecule has 0 radical (unpaired) electrons. The standard InChI is InChI=1S/C11H15BrO/c1-9-4-11(5-9,8-12)6-10-2-3-13-7-10/h2-3,7,9H,4-6,8H2,1H3. The zero-order chi connectivity index (χ0) is 9.31. The van der Waals surface area contributed by atoms with Crippen LogP contribution in [0.2, 0.25) is 0 Å². The molecule has 0 amide bonds. The summed E-state index contributed by atoms with van der Waals surface area (Å²) in [5, 5.41) is 1.12. The molecule has 0 aliphatic heterocycles. The van der Waals surface area contributed by atoms with Gasteiger partial charge in [0, 0.05) is 5.33 Å². The second-order valence-electron chi connectivity index (χ2n) is 4.46. The van der Waals surface area contributed by atoms with Crippen LogP contribution in [0, 0.1) is 11.3 Å². The van der Waals surface area contributed by atoms with Gasteiger partial charge in [-0.25, -0.2) is 0 Å². The summed E-state index contributed by atoms with van der Waals surface area (Å²) in [4.78, 5) is 0. The van der Waals surface area contributed by atoms with Crippen LogP contribution < -0.4 is 0 Å². The van der Waals surface area contributed by atoms with E-state index in [2.05, 4.69) is 28.9 Å². The maximum atomic E-state index is 5.08. The Labute approximate surface area is 87.6 Å². The minimum Gasteiger partial charge on any atom is -0.472 e. The summed E-state index contributed by atoms with van der Waals surface area (Å²) >= 11 is 3.63. The fourth-order valence-electron chi connectivity index (χ4n) is 2.55. The van der Waals surface area contributed by atoms with Gasteiger partial charge in [-0.2, -0.15) is 0 Å². The lowest BCUT2D eigenvalue weighted by atomic mass is 9.61. The first-order valence-electron chi connectivity index (χ1n) is 4.81. The first-order valence-corrected chi connectivity index (χ1v) is 5.93. The number of halogens is 1. The van der Waals surface area contributed by atoms with Gasteiger partial charge in [0.15, 0.2) is 0 Å². The van der Waals surface area contributed by atoms with E-state index in [-0.39, 0.29) is 0 Å². The lowest BCUT2D eigenvalue weighted by Gasteiger charge is -2.45. The Morgan fingerprint density at radius 3 is 2.85 bits per heavy atom. The predicted molar refractivity (Wildman–Crippen MR) is 57.0 cm³/mol. The largest absolute Gasteiger partial charge is 0.472 e. The van der Waals surface area contributed by atoms with E-state index in [1.807, 2.05) is 6.26 Å². The van der Waals surface area contributed by atoms with Crippen molar-refractivity contribution >= 4 is 15.9 Å². The molecular weight excluding hydrogens is 228 g/mol. The van der Waals surface area contributed by atoms with Crippen LogP contribution in [0.15, 0.2) is 23.0 Å². The minimum absolute atomic E-state index is 0.517. The maximum Gasteiger partial charge on any atom is 0.0934 e. The summed E-state index contributed by atoms with van der Waals surface area (Å²) in [6.07, 6.45) is 7.50. The molecule has 0 N–H and O–H groups in total. The lowest BCUT2D eigenvalue weighted by molar-refractivity contribution is 0.0953. The zero-order valence-electron chi connectivity index (χ0n) is 7.92. The van der Waals surface area contributed by atoms with Gasteiger partial charge >= 0.3 is 0 Å². The fraction of sp³-hybridized carbons (Fsp3) is 0.636. The van der Waals surface area contributed by atoms with E-state index in [0.29, 0.717) is 5.41 Å². The highest BCUT2D eigenvalue weighted by atomic mass is 79.9. The van der Waals surface area contributed by atoms with Crippen LogP contribution in [-0.2, 0) is 6.42 Å². The zero-order valence-corrected chi connectivity index (χ0v) is 9.51. The van der Waals surface area contributed by atoms with Gasteiger partial charge < -0.3 is 4.42 Å². The van der Waals surface area contributed by atoms with Crippen LogP contribution in [0.3, 0.4) is 0 Å². The number of hydrogen-bond donors (Lipinski definition) is 0. The molecule has 0 saturated heterocycles. The molecule has 0 bridgehead atoms. The lowest BCUT2D eigenvalue weighted by Crippen LogP contribution is -2.39. The van der Waals surface area contributed by atoms with Crippen LogP contribution in [0.4, 0.5) is 0 Å². The molecule has 1 fully saturated rings. The molecular formula is C11H15BrO. The number of furan rings is 1. The van der Waals surface area contributed by atoms with E-state index in [4.69, 9.17) is 4.42 Å². The second kappa shape index (κ2) is 3.49. The molecule has 1 aliphatic carbocycles. The van der Waals surface area contributed by atoms with Crippen molar-refractivity contribution in [3.05, 3.63) is 24.2 Å². The molecule has 0 aromatic carbocycles. The summed E-state index contributed by atoms with van der Waals surface area (Å²) < 4.78 is 5.08. The third-order valence-corrected chi connectivity index (χ3v) is 4.20. The third-order valence-electron chi connectivity index (χ3n) is 3.01. The molecule has 1 nitrogen and oxygen atoms in total. The quantitative estimate of drug-likeness (QED) is 0.739. The van der Waals surface area contributed by atoms with E-state index in [1.54, 1.807) is 6.26 Å². The number of rotatable bonds is 3. The molecule has 13 heavy (non-hydrogen) atoms. The average molecular weight is 243 g/mol.